The Morgan fingerprint density at radius 1 is 1.14 bits per heavy atom. The van der Waals surface area contributed by atoms with Crippen LogP contribution in [-0.2, 0) is 0 Å². The van der Waals surface area contributed by atoms with Crippen LogP contribution in [0.3, 0.4) is 0 Å². The second-order valence-corrected chi connectivity index (χ2v) is 6.80. The fourth-order valence-corrected chi connectivity index (χ4v) is 3.34. The minimum Gasteiger partial charge on any atom is -0.316 e. The Bertz CT molecular complexity index is 404. The molecule has 0 bridgehead atoms. The summed E-state index contributed by atoms with van der Waals surface area (Å²) in [4.78, 5) is 2.63. The summed E-state index contributed by atoms with van der Waals surface area (Å²) in [6, 6.07) is 9.75. The van der Waals surface area contributed by atoms with Crippen molar-refractivity contribution >= 4 is 0 Å². The molecule has 118 valence electrons. The van der Waals surface area contributed by atoms with E-state index in [9.17, 15) is 0 Å². The van der Waals surface area contributed by atoms with Crippen molar-refractivity contribution in [2.45, 2.75) is 52.5 Å². The van der Waals surface area contributed by atoms with Crippen molar-refractivity contribution in [3.8, 4) is 0 Å². The highest BCUT2D eigenvalue weighted by Gasteiger charge is 2.20. The van der Waals surface area contributed by atoms with Gasteiger partial charge in [-0.05, 0) is 62.4 Å². The standard InChI is InChI=1S/C19H32N2/c1-5-21(14-17-7-6-12-20-13-17)16(4)19-10-8-18(9-11-19)15(2)3/h8-11,15-17,20H,5-7,12-14H2,1-4H3. The summed E-state index contributed by atoms with van der Waals surface area (Å²) in [5.74, 6) is 1.43. The van der Waals surface area contributed by atoms with E-state index >= 15 is 0 Å². The molecular weight excluding hydrogens is 256 g/mol. The van der Waals surface area contributed by atoms with Gasteiger partial charge in [-0.2, -0.15) is 0 Å². The van der Waals surface area contributed by atoms with Gasteiger partial charge in [0.05, 0.1) is 0 Å². The van der Waals surface area contributed by atoms with E-state index in [2.05, 4.69) is 62.2 Å². The Hall–Kier alpha value is -0.860. The molecule has 0 radical (unpaired) electrons. The van der Waals surface area contributed by atoms with Crippen molar-refractivity contribution in [1.29, 1.82) is 0 Å². The van der Waals surface area contributed by atoms with E-state index in [0.29, 0.717) is 12.0 Å². The van der Waals surface area contributed by atoms with Crippen molar-refractivity contribution in [3.63, 3.8) is 0 Å². The van der Waals surface area contributed by atoms with Crippen molar-refractivity contribution in [3.05, 3.63) is 35.4 Å². The Labute approximate surface area is 130 Å². The van der Waals surface area contributed by atoms with Crippen molar-refractivity contribution < 1.29 is 0 Å². The van der Waals surface area contributed by atoms with Gasteiger partial charge in [-0.3, -0.25) is 4.90 Å². The predicted octanol–water partition coefficient (Wildman–Crippen LogP) is 4.19. The minimum atomic E-state index is 0.512. The van der Waals surface area contributed by atoms with E-state index in [1.54, 1.807) is 0 Å². The molecule has 1 aliphatic heterocycles. The third-order valence-electron chi connectivity index (χ3n) is 4.93. The van der Waals surface area contributed by atoms with Gasteiger partial charge in [0.2, 0.25) is 0 Å². The van der Waals surface area contributed by atoms with Crippen LogP contribution >= 0.6 is 0 Å². The van der Waals surface area contributed by atoms with E-state index in [0.717, 1.165) is 12.5 Å². The lowest BCUT2D eigenvalue weighted by atomic mass is 9.96. The molecule has 2 rings (SSSR count). The summed E-state index contributed by atoms with van der Waals surface area (Å²) in [5, 5.41) is 3.54. The third kappa shape index (κ3) is 4.55. The van der Waals surface area contributed by atoms with Crippen LogP contribution in [0.25, 0.3) is 0 Å². The molecule has 1 heterocycles. The van der Waals surface area contributed by atoms with Gasteiger partial charge in [0.25, 0.3) is 0 Å². The number of benzene rings is 1. The fraction of sp³-hybridized carbons (Fsp3) is 0.684. The van der Waals surface area contributed by atoms with Crippen LogP contribution in [0.5, 0.6) is 0 Å². The van der Waals surface area contributed by atoms with Gasteiger partial charge < -0.3 is 5.32 Å². The molecule has 0 aliphatic carbocycles. The van der Waals surface area contributed by atoms with E-state index in [1.807, 2.05) is 0 Å². The maximum absolute atomic E-state index is 3.54. The van der Waals surface area contributed by atoms with Crippen molar-refractivity contribution in [1.82, 2.24) is 10.2 Å². The van der Waals surface area contributed by atoms with Gasteiger partial charge in [-0.15, -0.1) is 0 Å². The molecule has 21 heavy (non-hydrogen) atoms. The topological polar surface area (TPSA) is 15.3 Å². The van der Waals surface area contributed by atoms with Crippen LogP contribution in [0.4, 0.5) is 0 Å². The summed E-state index contributed by atoms with van der Waals surface area (Å²) in [5.41, 5.74) is 2.88. The molecule has 2 heteroatoms. The number of piperidine rings is 1. The summed E-state index contributed by atoms with van der Waals surface area (Å²) >= 11 is 0. The lowest BCUT2D eigenvalue weighted by Crippen LogP contribution is -2.39. The molecule has 0 spiro atoms. The second-order valence-electron chi connectivity index (χ2n) is 6.80. The van der Waals surface area contributed by atoms with E-state index < -0.39 is 0 Å². The monoisotopic (exact) mass is 288 g/mol. The van der Waals surface area contributed by atoms with Gasteiger partial charge in [0.15, 0.2) is 0 Å². The van der Waals surface area contributed by atoms with E-state index in [4.69, 9.17) is 0 Å². The van der Waals surface area contributed by atoms with Crippen molar-refractivity contribution in [2.24, 2.45) is 5.92 Å². The number of rotatable bonds is 6. The average molecular weight is 288 g/mol. The minimum absolute atomic E-state index is 0.512. The zero-order chi connectivity index (χ0) is 15.2. The molecule has 1 N–H and O–H groups in total. The predicted molar refractivity (Wildman–Crippen MR) is 91.8 cm³/mol. The summed E-state index contributed by atoms with van der Waals surface area (Å²) in [7, 11) is 0. The smallest absolute Gasteiger partial charge is 0.0319 e. The summed E-state index contributed by atoms with van der Waals surface area (Å²) in [6.45, 7) is 13.9. The second kappa shape index (κ2) is 7.95. The van der Waals surface area contributed by atoms with E-state index in [-0.39, 0.29) is 0 Å². The maximum atomic E-state index is 3.54. The average Bonchev–Trinajstić information content (AvgIpc) is 2.53. The number of hydrogen-bond donors (Lipinski definition) is 1. The zero-order valence-corrected chi connectivity index (χ0v) is 14.2. The van der Waals surface area contributed by atoms with Crippen LogP contribution in [0.1, 0.15) is 63.6 Å². The molecule has 1 aromatic carbocycles. The highest BCUT2D eigenvalue weighted by Crippen LogP contribution is 2.24. The summed E-state index contributed by atoms with van der Waals surface area (Å²) < 4.78 is 0. The Morgan fingerprint density at radius 2 is 1.81 bits per heavy atom. The van der Waals surface area contributed by atoms with Crippen LogP contribution in [0.2, 0.25) is 0 Å². The highest BCUT2D eigenvalue weighted by molar-refractivity contribution is 5.26. The molecule has 2 atom stereocenters. The molecule has 2 unspecified atom stereocenters. The van der Waals surface area contributed by atoms with E-state index in [1.165, 1.54) is 43.6 Å². The quantitative estimate of drug-likeness (QED) is 0.844. The molecule has 1 aromatic rings. The summed E-state index contributed by atoms with van der Waals surface area (Å²) in [6.07, 6.45) is 2.71. The molecule has 2 nitrogen and oxygen atoms in total. The first-order chi connectivity index (χ1) is 10.1. The largest absolute Gasteiger partial charge is 0.316 e. The van der Waals surface area contributed by atoms with Gasteiger partial charge in [0, 0.05) is 12.6 Å². The first-order valence-electron chi connectivity index (χ1n) is 8.66. The van der Waals surface area contributed by atoms with Gasteiger partial charge >= 0.3 is 0 Å². The zero-order valence-electron chi connectivity index (χ0n) is 14.2. The van der Waals surface area contributed by atoms with Gasteiger partial charge in [-0.25, -0.2) is 0 Å². The normalized spacial score (nSPS) is 21.0. The highest BCUT2D eigenvalue weighted by atomic mass is 15.1. The van der Waals surface area contributed by atoms with Gasteiger partial charge in [-0.1, -0.05) is 45.0 Å². The first kappa shape index (κ1) is 16.5. The number of nitrogens with zero attached hydrogens (tertiary/aromatic N) is 1. The number of nitrogens with one attached hydrogen (secondary N) is 1. The molecule has 0 saturated carbocycles. The molecule has 1 fully saturated rings. The Morgan fingerprint density at radius 3 is 2.33 bits per heavy atom. The maximum Gasteiger partial charge on any atom is 0.0319 e. The number of hydrogen-bond acceptors (Lipinski definition) is 2. The third-order valence-corrected chi connectivity index (χ3v) is 4.93. The molecule has 1 saturated heterocycles. The molecular formula is C19H32N2. The fourth-order valence-electron chi connectivity index (χ4n) is 3.34. The molecule has 1 aliphatic rings. The Kier molecular flexibility index (Phi) is 6.25. The van der Waals surface area contributed by atoms with Crippen LogP contribution in [0, 0.1) is 5.92 Å². The lowest BCUT2D eigenvalue weighted by molar-refractivity contribution is 0.171. The van der Waals surface area contributed by atoms with Gasteiger partial charge in [0.1, 0.15) is 0 Å². The van der Waals surface area contributed by atoms with Crippen LogP contribution in [-0.4, -0.2) is 31.1 Å². The first-order valence-corrected chi connectivity index (χ1v) is 8.66. The SMILES string of the molecule is CCN(CC1CCCNC1)C(C)c1ccc(C(C)C)cc1. The lowest BCUT2D eigenvalue weighted by Gasteiger charge is -2.33. The molecule has 0 aromatic heterocycles. The van der Waals surface area contributed by atoms with Crippen molar-refractivity contribution in [2.75, 3.05) is 26.2 Å². The van der Waals surface area contributed by atoms with Crippen LogP contribution in [0.15, 0.2) is 24.3 Å². The Balaban J connectivity index is 1.99. The van der Waals surface area contributed by atoms with Crippen LogP contribution < -0.4 is 5.32 Å². The molecule has 0 amide bonds.